The van der Waals surface area contributed by atoms with Gasteiger partial charge in [-0.15, -0.1) is 5.11 Å². The van der Waals surface area contributed by atoms with Crippen LogP contribution in [0.2, 0.25) is 0 Å². The van der Waals surface area contributed by atoms with Gasteiger partial charge in [-0.05, 0) is 65.1 Å². The standard InChI is InChI=1S/C14H11IN4/c1-17-12-3-5-13(6-4-12)18-19-14-7-2-11(15)8-10(14)9-16/h2-8,17H,1H3. The first kappa shape index (κ1) is 13.5. The third-order valence-electron chi connectivity index (χ3n) is 2.51. The summed E-state index contributed by atoms with van der Waals surface area (Å²) in [5.41, 5.74) is 2.88. The Balaban J connectivity index is 2.25. The monoisotopic (exact) mass is 362 g/mol. The van der Waals surface area contributed by atoms with E-state index < -0.39 is 0 Å². The number of nitrogens with zero attached hydrogens (tertiary/aromatic N) is 3. The lowest BCUT2D eigenvalue weighted by molar-refractivity contribution is 1.22. The van der Waals surface area contributed by atoms with E-state index in [1.54, 1.807) is 12.1 Å². The molecule has 1 N–H and O–H groups in total. The Kier molecular flexibility index (Phi) is 4.47. The number of hydrogen-bond donors (Lipinski definition) is 1. The van der Waals surface area contributed by atoms with Crippen LogP contribution in [0.3, 0.4) is 0 Å². The van der Waals surface area contributed by atoms with Crippen molar-refractivity contribution in [2.45, 2.75) is 0 Å². The van der Waals surface area contributed by atoms with Crippen LogP contribution in [-0.2, 0) is 0 Å². The molecule has 19 heavy (non-hydrogen) atoms. The fourth-order valence-corrected chi connectivity index (χ4v) is 1.98. The Labute approximate surface area is 125 Å². The van der Waals surface area contributed by atoms with Gasteiger partial charge in [0.2, 0.25) is 0 Å². The number of nitriles is 1. The number of rotatable bonds is 3. The van der Waals surface area contributed by atoms with Crippen LogP contribution in [-0.4, -0.2) is 7.05 Å². The van der Waals surface area contributed by atoms with Gasteiger partial charge in [-0.1, -0.05) is 0 Å². The average Bonchev–Trinajstić information content (AvgIpc) is 2.46. The van der Waals surface area contributed by atoms with Gasteiger partial charge in [-0.25, -0.2) is 0 Å². The minimum atomic E-state index is 0.530. The van der Waals surface area contributed by atoms with E-state index >= 15 is 0 Å². The maximum atomic E-state index is 9.05. The summed E-state index contributed by atoms with van der Waals surface area (Å²) in [7, 11) is 1.86. The lowest BCUT2D eigenvalue weighted by Gasteiger charge is -1.99. The molecule has 0 aliphatic rings. The Hall–Kier alpha value is -1.94. The highest BCUT2D eigenvalue weighted by Crippen LogP contribution is 2.24. The highest BCUT2D eigenvalue weighted by Gasteiger charge is 2.01. The summed E-state index contributed by atoms with van der Waals surface area (Å²) in [6.45, 7) is 0. The van der Waals surface area contributed by atoms with Gasteiger partial charge in [0, 0.05) is 16.3 Å². The normalized spacial score (nSPS) is 10.4. The average molecular weight is 362 g/mol. The number of halogens is 1. The summed E-state index contributed by atoms with van der Waals surface area (Å²) in [6, 6.07) is 15.2. The van der Waals surface area contributed by atoms with Crippen LogP contribution in [0.1, 0.15) is 5.56 Å². The molecule has 0 aromatic heterocycles. The molecular weight excluding hydrogens is 351 g/mol. The molecule has 0 unspecified atom stereocenters. The molecule has 0 radical (unpaired) electrons. The third kappa shape index (κ3) is 3.51. The molecule has 4 nitrogen and oxygen atoms in total. The highest BCUT2D eigenvalue weighted by atomic mass is 127. The molecule has 5 heteroatoms. The van der Waals surface area contributed by atoms with Crippen molar-refractivity contribution in [1.82, 2.24) is 0 Å². The first-order valence-electron chi connectivity index (χ1n) is 5.62. The number of nitrogens with one attached hydrogen (secondary N) is 1. The summed E-state index contributed by atoms with van der Waals surface area (Å²) in [6.07, 6.45) is 0. The number of benzene rings is 2. The van der Waals surface area contributed by atoms with Gasteiger partial charge in [0.1, 0.15) is 11.8 Å². The second kappa shape index (κ2) is 6.29. The molecule has 0 saturated carbocycles. The quantitative estimate of drug-likeness (QED) is 0.640. The molecule has 0 heterocycles. The topological polar surface area (TPSA) is 60.5 Å². The summed E-state index contributed by atoms with van der Waals surface area (Å²) in [5, 5.41) is 20.3. The fourth-order valence-electron chi connectivity index (χ4n) is 1.49. The van der Waals surface area contributed by atoms with Crippen LogP contribution in [0.25, 0.3) is 0 Å². The number of hydrogen-bond acceptors (Lipinski definition) is 4. The third-order valence-corrected chi connectivity index (χ3v) is 3.18. The van der Waals surface area contributed by atoms with Crippen molar-refractivity contribution in [3.05, 3.63) is 51.6 Å². The molecule has 0 aliphatic carbocycles. The van der Waals surface area contributed by atoms with Crippen molar-refractivity contribution in [2.75, 3.05) is 12.4 Å². The van der Waals surface area contributed by atoms with Crippen molar-refractivity contribution in [3.8, 4) is 6.07 Å². The molecular formula is C14H11IN4. The predicted molar refractivity (Wildman–Crippen MR) is 84.0 cm³/mol. The molecule has 0 bridgehead atoms. The van der Waals surface area contributed by atoms with Crippen molar-refractivity contribution in [2.24, 2.45) is 10.2 Å². The van der Waals surface area contributed by atoms with Crippen LogP contribution >= 0.6 is 22.6 Å². The van der Waals surface area contributed by atoms with E-state index in [9.17, 15) is 0 Å². The second-order valence-electron chi connectivity index (χ2n) is 3.77. The van der Waals surface area contributed by atoms with Gasteiger partial charge in [-0.3, -0.25) is 0 Å². The van der Waals surface area contributed by atoms with E-state index in [4.69, 9.17) is 5.26 Å². The van der Waals surface area contributed by atoms with E-state index in [-0.39, 0.29) is 0 Å². The molecule has 0 saturated heterocycles. The van der Waals surface area contributed by atoms with E-state index in [1.165, 1.54) is 0 Å². The largest absolute Gasteiger partial charge is 0.388 e. The highest BCUT2D eigenvalue weighted by molar-refractivity contribution is 14.1. The van der Waals surface area contributed by atoms with E-state index in [0.717, 1.165) is 14.9 Å². The molecule has 0 amide bonds. The van der Waals surface area contributed by atoms with Crippen LogP contribution in [0.5, 0.6) is 0 Å². The second-order valence-corrected chi connectivity index (χ2v) is 5.02. The molecule has 0 fully saturated rings. The number of azo groups is 1. The fraction of sp³-hybridized carbons (Fsp3) is 0.0714. The van der Waals surface area contributed by atoms with Crippen molar-refractivity contribution in [1.29, 1.82) is 5.26 Å². The molecule has 2 rings (SSSR count). The minimum Gasteiger partial charge on any atom is -0.388 e. The Morgan fingerprint density at radius 3 is 2.47 bits per heavy atom. The minimum absolute atomic E-state index is 0.530. The van der Waals surface area contributed by atoms with Crippen LogP contribution in [0.4, 0.5) is 17.1 Å². The van der Waals surface area contributed by atoms with E-state index in [2.05, 4.69) is 44.2 Å². The van der Waals surface area contributed by atoms with E-state index in [1.807, 2.05) is 37.4 Å². The summed E-state index contributed by atoms with van der Waals surface area (Å²) >= 11 is 2.16. The summed E-state index contributed by atoms with van der Waals surface area (Å²) in [4.78, 5) is 0. The zero-order valence-corrected chi connectivity index (χ0v) is 12.4. The number of anilines is 1. The van der Waals surface area contributed by atoms with Crippen molar-refractivity contribution < 1.29 is 0 Å². The first-order chi connectivity index (χ1) is 9.22. The molecule has 94 valence electrons. The first-order valence-corrected chi connectivity index (χ1v) is 6.70. The van der Waals surface area contributed by atoms with Gasteiger partial charge in [0.15, 0.2) is 0 Å². The smallest absolute Gasteiger partial charge is 0.103 e. The Bertz CT molecular complexity index is 641. The van der Waals surface area contributed by atoms with Gasteiger partial charge in [0.25, 0.3) is 0 Å². The Morgan fingerprint density at radius 2 is 1.84 bits per heavy atom. The molecule has 2 aromatic carbocycles. The summed E-state index contributed by atoms with van der Waals surface area (Å²) < 4.78 is 1.01. The lowest BCUT2D eigenvalue weighted by Crippen LogP contribution is -1.85. The van der Waals surface area contributed by atoms with Crippen LogP contribution in [0, 0.1) is 14.9 Å². The molecule has 2 aromatic rings. The van der Waals surface area contributed by atoms with Crippen molar-refractivity contribution in [3.63, 3.8) is 0 Å². The predicted octanol–water partition coefficient (Wildman–Crippen LogP) is 4.62. The maximum absolute atomic E-state index is 9.05. The van der Waals surface area contributed by atoms with Gasteiger partial charge < -0.3 is 5.32 Å². The molecule has 0 spiro atoms. The lowest BCUT2D eigenvalue weighted by atomic mass is 10.2. The van der Waals surface area contributed by atoms with E-state index in [0.29, 0.717) is 11.3 Å². The van der Waals surface area contributed by atoms with Crippen LogP contribution in [0.15, 0.2) is 52.7 Å². The zero-order valence-electron chi connectivity index (χ0n) is 10.3. The zero-order chi connectivity index (χ0) is 13.7. The van der Waals surface area contributed by atoms with Gasteiger partial charge in [-0.2, -0.15) is 10.4 Å². The SMILES string of the molecule is CNc1ccc(N=Nc2ccc(I)cc2C#N)cc1. The van der Waals surface area contributed by atoms with Crippen LogP contribution < -0.4 is 5.32 Å². The molecule has 0 aliphatic heterocycles. The molecule has 0 atom stereocenters. The van der Waals surface area contributed by atoms with Crippen molar-refractivity contribution >= 4 is 39.7 Å². The van der Waals surface area contributed by atoms with Gasteiger partial charge in [0.05, 0.1) is 11.3 Å². The Morgan fingerprint density at radius 1 is 1.11 bits per heavy atom. The maximum Gasteiger partial charge on any atom is 0.103 e. The summed E-state index contributed by atoms with van der Waals surface area (Å²) in [5.74, 6) is 0. The van der Waals surface area contributed by atoms with Gasteiger partial charge >= 0.3 is 0 Å².